The fourth-order valence-electron chi connectivity index (χ4n) is 0.470. The second kappa shape index (κ2) is 3.72. The van der Waals surface area contributed by atoms with Crippen LogP contribution in [-0.4, -0.2) is 26.5 Å². The van der Waals surface area contributed by atoms with Gasteiger partial charge in [-0.1, -0.05) is 23.1 Å². The van der Waals surface area contributed by atoms with Crippen LogP contribution in [0.3, 0.4) is 0 Å². The lowest BCUT2D eigenvalue weighted by Crippen LogP contribution is -2.10. The summed E-state index contributed by atoms with van der Waals surface area (Å²) in [6, 6.07) is 0. The first-order chi connectivity index (χ1) is 5.59. The first-order valence-electron chi connectivity index (χ1n) is 3.08. The van der Waals surface area contributed by atoms with Crippen LogP contribution in [0.5, 0.6) is 0 Å². The molecule has 5 nitrogen and oxygen atoms in total. The minimum Gasteiger partial charge on any atom is -0.480 e. The molecule has 0 aliphatic rings. The summed E-state index contributed by atoms with van der Waals surface area (Å²) in [5.74, 6) is -0.867. The molecule has 0 spiro atoms. The van der Waals surface area contributed by atoms with E-state index < -0.39 is 11.2 Å². The molecule has 1 aromatic rings. The fraction of sp³-hybridized carbons (Fsp3) is 0.400. The van der Waals surface area contributed by atoms with E-state index in [4.69, 9.17) is 10.8 Å². The molecule has 0 amide bonds. The van der Waals surface area contributed by atoms with Gasteiger partial charge in [-0.25, -0.2) is 0 Å². The van der Waals surface area contributed by atoms with Gasteiger partial charge in [0.15, 0.2) is 4.34 Å². The third-order valence-electron chi connectivity index (χ3n) is 1.05. The summed E-state index contributed by atoms with van der Waals surface area (Å²) < 4.78 is 0.586. The van der Waals surface area contributed by atoms with Crippen LogP contribution < -0.4 is 5.73 Å². The van der Waals surface area contributed by atoms with E-state index in [0.717, 1.165) is 11.8 Å². The topological polar surface area (TPSA) is 89.1 Å². The summed E-state index contributed by atoms with van der Waals surface area (Å²) >= 11 is 2.33. The SMILES string of the molecule is CC(Sc1nnc(N)s1)C(=O)O. The van der Waals surface area contributed by atoms with Crippen LogP contribution in [0.2, 0.25) is 0 Å². The third kappa shape index (κ3) is 2.35. The molecule has 0 aromatic carbocycles. The van der Waals surface area contributed by atoms with Crippen molar-refractivity contribution >= 4 is 34.2 Å². The van der Waals surface area contributed by atoms with Gasteiger partial charge in [-0.2, -0.15) is 0 Å². The smallest absolute Gasteiger partial charge is 0.316 e. The Labute approximate surface area is 77.0 Å². The van der Waals surface area contributed by atoms with E-state index in [1.807, 2.05) is 0 Å². The lowest BCUT2D eigenvalue weighted by Gasteiger charge is -1.99. The van der Waals surface area contributed by atoms with E-state index in [-0.39, 0.29) is 0 Å². The van der Waals surface area contributed by atoms with Gasteiger partial charge in [0.25, 0.3) is 0 Å². The van der Waals surface area contributed by atoms with Gasteiger partial charge < -0.3 is 10.8 Å². The number of thioether (sulfide) groups is 1. The van der Waals surface area contributed by atoms with E-state index in [2.05, 4.69) is 10.2 Å². The lowest BCUT2D eigenvalue weighted by atomic mass is 10.5. The zero-order valence-electron chi connectivity index (χ0n) is 6.22. The first kappa shape index (κ1) is 9.27. The van der Waals surface area contributed by atoms with E-state index in [1.165, 1.54) is 11.3 Å². The Hall–Kier alpha value is -0.820. The number of nitrogens with zero attached hydrogens (tertiary/aromatic N) is 2. The summed E-state index contributed by atoms with van der Waals surface area (Å²) in [6.45, 7) is 1.59. The van der Waals surface area contributed by atoms with Crippen LogP contribution in [0.4, 0.5) is 5.13 Å². The third-order valence-corrected chi connectivity index (χ3v) is 2.97. The Balaban J connectivity index is 2.58. The maximum absolute atomic E-state index is 10.4. The molecule has 0 saturated carbocycles. The van der Waals surface area contributed by atoms with Gasteiger partial charge in [-0.15, -0.1) is 10.2 Å². The van der Waals surface area contributed by atoms with Crippen molar-refractivity contribution in [3.63, 3.8) is 0 Å². The predicted molar refractivity (Wildman–Crippen MR) is 47.3 cm³/mol. The standard InChI is InChI=1S/C5H7N3O2S2/c1-2(3(9)10)11-5-8-7-4(6)12-5/h2H,1H3,(H2,6,7)(H,9,10). The molecule has 7 heteroatoms. The Kier molecular flexibility index (Phi) is 2.88. The van der Waals surface area contributed by atoms with Crippen molar-refractivity contribution in [1.82, 2.24) is 10.2 Å². The van der Waals surface area contributed by atoms with Crippen molar-refractivity contribution in [1.29, 1.82) is 0 Å². The van der Waals surface area contributed by atoms with Crippen LogP contribution in [0.1, 0.15) is 6.92 Å². The van der Waals surface area contributed by atoms with Gasteiger partial charge in [0.05, 0.1) is 0 Å². The number of carbonyl (C=O) groups is 1. The number of hydrogen-bond donors (Lipinski definition) is 2. The van der Waals surface area contributed by atoms with Crippen LogP contribution in [0.25, 0.3) is 0 Å². The van der Waals surface area contributed by atoms with Crippen molar-refractivity contribution in [2.24, 2.45) is 0 Å². The van der Waals surface area contributed by atoms with Crippen LogP contribution in [0, 0.1) is 0 Å². The van der Waals surface area contributed by atoms with Gasteiger partial charge in [0.2, 0.25) is 5.13 Å². The molecule has 1 aromatic heterocycles. The summed E-state index contributed by atoms with van der Waals surface area (Å²) in [7, 11) is 0. The number of aromatic nitrogens is 2. The minimum atomic E-state index is -0.867. The van der Waals surface area contributed by atoms with Crippen LogP contribution >= 0.6 is 23.1 Å². The van der Waals surface area contributed by atoms with Crippen molar-refractivity contribution < 1.29 is 9.90 Å². The van der Waals surface area contributed by atoms with E-state index in [9.17, 15) is 4.79 Å². The molecule has 1 heterocycles. The second-order valence-corrected chi connectivity index (χ2v) is 4.60. The molecule has 0 saturated heterocycles. The lowest BCUT2D eigenvalue weighted by molar-refractivity contribution is -0.136. The van der Waals surface area contributed by atoms with Gasteiger partial charge in [-0.05, 0) is 6.92 Å². The van der Waals surface area contributed by atoms with Crippen molar-refractivity contribution in [3.8, 4) is 0 Å². The Morgan fingerprint density at radius 3 is 2.83 bits per heavy atom. The quantitative estimate of drug-likeness (QED) is 0.705. The molecule has 66 valence electrons. The van der Waals surface area contributed by atoms with Gasteiger partial charge in [-0.3, -0.25) is 4.79 Å². The van der Waals surface area contributed by atoms with Crippen molar-refractivity contribution in [2.75, 3.05) is 5.73 Å². The average Bonchev–Trinajstić information content (AvgIpc) is 2.35. The highest BCUT2D eigenvalue weighted by Gasteiger charge is 2.14. The van der Waals surface area contributed by atoms with E-state index in [0.29, 0.717) is 9.47 Å². The molecule has 0 fully saturated rings. The number of nitrogens with two attached hydrogens (primary N) is 1. The summed E-state index contributed by atoms with van der Waals surface area (Å²) in [4.78, 5) is 10.4. The largest absolute Gasteiger partial charge is 0.480 e. The summed E-state index contributed by atoms with van der Waals surface area (Å²) in [5.41, 5.74) is 5.31. The molecular weight excluding hydrogens is 198 g/mol. The molecule has 1 atom stereocenters. The van der Waals surface area contributed by atoms with E-state index >= 15 is 0 Å². The van der Waals surface area contributed by atoms with Gasteiger partial charge in [0.1, 0.15) is 5.25 Å². The highest BCUT2D eigenvalue weighted by Crippen LogP contribution is 2.27. The number of anilines is 1. The van der Waals surface area contributed by atoms with Crippen molar-refractivity contribution in [3.05, 3.63) is 0 Å². The Bertz CT molecular complexity index is 288. The number of hydrogen-bond acceptors (Lipinski definition) is 6. The molecular formula is C5H7N3O2S2. The monoisotopic (exact) mass is 205 g/mol. The van der Waals surface area contributed by atoms with E-state index in [1.54, 1.807) is 6.92 Å². The van der Waals surface area contributed by atoms with Gasteiger partial charge >= 0.3 is 5.97 Å². The zero-order chi connectivity index (χ0) is 9.14. The van der Waals surface area contributed by atoms with Crippen LogP contribution in [0.15, 0.2) is 4.34 Å². The molecule has 3 N–H and O–H groups in total. The molecule has 1 unspecified atom stereocenters. The molecule has 0 aliphatic carbocycles. The first-order valence-corrected chi connectivity index (χ1v) is 4.77. The number of carboxylic acids is 1. The maximum atomic E-state index is 10.4. The molecule has 0 bridgehead atoms. The molecule has 1 rings (SSSR count). The Morgan fingerprint density at radius 2 is 2.42 bits per heavy atom. The average molecular weight is 205 g/mol. The fourth-order valence-corrected chi connectivity index (χ4v) is 2.18. The van der Waals surface area contributed by atoms with Gasteiger partial charge in [0, 0.05) is 0 Å². The predicted octanol–water partition coefficient (Wildman–Crippen LogP) is 0.685. The normalized spacial score (nSPS) is 12.8. The Morgan fingerprint density at radius 1 is 1.75 bits per heavy atom. The number of nitrogen functional groups attached to an aromatic ring is 1. The molecule has 0 aliphatic heterocycles. The summed E-state index contributed by atoms with van der Waals surface area (Å²) in [5, 5.41) is 15.6. The second-order valence-electron chi connectivity index (χ2n) is 2.00. The molecule has 12 heavy (non-hydrogen) atoms. The van der Waals surface area contributed by atoms with Crippen molar-refractivity contribution in [2.45, 2.75) is 16.5 Å². The number of aliphatic carboxylic acids is 1. The zero-order valence-corrected chi connectivity index (χ0v) is 7.85. The number of rotatable bonds is 3. The highest BCUT2D eigenvalue weighted by atomic mass is 32.2. The minimum absolute atomic E-state index is 0.357. The number of carboxylic acid groups (broad SMARTS) is 1. The maximum Gasteiger partial charge on any atom is 0.316 e. The summed E-state index contributed by atoms with van der Waals surface area (Å²) in [6.07, 6.45) is 0. The molecule has 0 radical (unpaired) electrons. The highest BCUT2D eigenvalue weighted by molar-refractivity contribution is 8.02. The van der Waals surface area contributed by atoms with Crippen LogP contribution in [-0.2, 0) is 4.79 Å².